The summed E-state index contributed by atoms with van der Waals surface area (Å²) >= 11 is 5.35. The van der Waals surface area contributed by atoms with E-state index in [4.69, 9.17) is 0 Å². The first-order chi connectivity index (χ1) is 20.6. The van der Waals surface area contributed by atoms with E-state index < -0.39 is 0 Å². The van der Waals surface area contributed by atoms with E-state index in [0.29, 0.717) is 12.5 Å². The maximum Gasteiger partial charge on any atom is 0.269 e. The molecule has 3 heterocycles. The van der Waals surface area contributed by atoms with Gasteiger partial charge in [0, 0.05) is 24.1 Å². The molecule has 1 atom stereocenters. The van der Waals surface area contributed by atoms with Gasteiger partial charge in [0.15, 0.2) is 0 Å². The van der Waals surface area contributed by atoms with Gasteiger partial charge in [0.1, 0.15) is 15.9 Å². The van der Waals surface area contributed by atoms with Crippen molar-refractivity contribution in [2.24, 2.45) is 5.92 Å². The van der Waals surface area contributed by atoms with E-state index >= 15 is 0 Å². The van der Waals surface area contributed by atoms with Gasteiger partial charge in [-0.25, -0.2) is 0 Å². The lowest BCUT2D eigenvalue weighted by Crippen LogP contribution is -2.35. The van der Waals surface area contributed by atoms with Gasteiger partial charge in [0.25, 0.3) is 10.6 Å². The van der Waals surface area contributed by atoms with Gasteiger partial charge in [-0.1, -0.05) is 59.5 Å². The first-order valence-corrected chi connectivity index (χ1v) is 17.6. The fourth-order valence-corrected chi connectivity index (χ4v) is 10.2. The Morgan fingerprint density at radius 3 is 2.57 bits per heavy atom. The normalized spacial score (nSPS) is 21.1. The number of nitrogens with zero attached hydrogens (tertiary/aromatic N) is 3. The number of allylic oxidation sites excluding steroid dienone is 5. The molecular weight excluding hydrogens is 575 g/mol. The van der Waals surface area contributed by atoms with Gasteiger partial charge >= 0.3 is 0 Å². The van der Waals surface area contributed by atoms with Crippen molar-refractivity contribution in [1.29, 1.82) is 0 Å². The van der Waals surface area contributed by atoms with Gasteiger partial charge in [-0.05, 0) is 93.4 Å². The molecule has 7 heteroatoms. The third-order valence-corrected chi connectivity index (χ3v) is 12.1. The molecule has 214 valence electrons. The summed E-state index contributed by atoms with van der Waals surface area (Å²) in [5.41, 5.74) is 6.73. The number of aromatic nitrogens is 2. The summed E-state index contributed by atoms with van der Waals surface area (Å²) < 4.78 is 7.55. The fraction of sp³-hybridized carbons (Fsp3) is 0.314. The number of aryl methyl sites for hydroxylation is 1. The predicted molar refractivity (Wildman–Crippen MR) is 180 cm³/mol. The number of benzene rings is 2. The van der Waals surface area contributed by atoms with Crippen LogP contribution in [0.1, 0.15) is 51.5 Å². The zero-order valence-electron chi connectivity index (χ0n) is 24.4. The van der Waals surface area contributed by atoms with Crippen LogP contribution in [0.5, 0.6) is 0 Å². The zero-order valence-corrected chi connectivity index (χ0v) is 26.9. The minimum absolute atomic E-state index is 0.157. The Labute approximate surface area is 259 Å². The minimum Gasteiger partial charge on any atom is -0.335 e. The van der Waals surface area contributed by atoms with Crippen molar-refractivity contribution >= 4 is 62.0 Å². The van der Waals surface area contributed by atoms with Crippen LogP contribution in [-0.4, -0.2) is 11.1 Å². The Morgan fingerprint density at radius 2 is 1.74 bits per heavy atom. The highest BCUT2D eigenvalue weighted by atomic mass is 32.2. The molecule has 0 amide bonds. The number of thiazole rings is 2. The van der Waals surface area contributed by atoms with E-state index in [9.17, 15) is 4.79 Å². The molecule has 42 heavy (non-hydrogen) atoms. The molecule has 0 radical (unpaired) electrons. The van der Waals surface area contributed by atoms with Gasteiger partial charge in [-0.2, -0.15) is 4.57 Å². The number of fused-ring (bicyclic) bond motifs is 3. The maximum absolute atomic E-state index is 13.7. The third-order valence-electron chi connectivity index (χ3n) is 8.69. The third kappa shape index (κ3) is 4.85. The van der Waals surface area contributed by atoms with E-state index in [1.165, 1.54) is 54.0 Å². The fourth-order valence-electron chi connectivity index (χ4n) is 6.55. The molecular formula is C35H36N3OS3+. The van der Waals surface area contributed by atoms with Crippen LogP contribution >= 0.6 is 34.4 Å². The number of hydrogen-bond donors (Lipinski definition) is 0. The molecule has 0 bridgehead atoms. The Morgan fingerprint density at radius 1 is 0.929 bits per heavy atom. The highest BCUT2D eigenvalue weighted by Gasteiger charge is 2.27. The summed E-state index contributed by atoms with van der Waals surface area (Å²) in [4.78, 5) is 17.5. The van der Waals surface area contributed by atoms with Crippen LogP contribution < -0.4 is 24.2 Å². The summed E-state index contributed by atoms with van der Waals surface area (Å²) in [6.45, 7) is 9.04. The number of anilines is 1. The largest absolute Gasteiger partial charge is 0.335 e. The molecule has 0 saturated carbocycles. The molecule has 2 aromatic heterocycles. The van der Waals surface area contributed by atoms with Crippen molar-refractivity contribution in [3.05, 3.63) is 107 Å². The number of para-hydroxylation sites is 2. The molecule has 2 aromatic carbocycles. The van der Waals surface area contributed by atoms with Crippen molar-refractivity contribution < 1.29 is 4.57 Å². The lowest BCUT2D eigenvalue weighted by Gasteiger charge is -2.28. The topological polar surface area (TPSA) is 29.1 Å². The van der Waals surface area contributed by atoms with Crippen molar-refractivity contribution in [3.63, 3.8) is 0 Å². The van der Waals surface area contributed by atoms with E-state index in [-0.39, 0.29) is 5.56 Å². The van der Waals surface area contributed by atoms with Crippen LogP contribution in [0, 0.1) is 5.92 Å². The Hall–Kier alpha value is -3.13. The summed E-state index contributed by atoms with van der Waals surface area (Å²) in [6.07, 6.45) is 13.8. The van der Waals surface area contributed by atoms with E-state index in [1.807, 2.05) is 16.3 Å². The van der Waals surface area contributed by atoms with Crippen LogP contribution in [0.2, 0.25) is 0 Å². The molecule has 0 N–H and O–H groups in total. The van der Waals surface area contributed by atoms with Gasteiger partial charge in [0.2, 0.25) is 5.52 Å². The molecule has 3 aliphatic rings. The first kappa shape index (κ1) is 27.7. The highest BCUT2D eigenvalue weighted by molar-refractivity contribution is 8.03. The quantitative estimate of drug-likeness (QED) is 0.229. The second-order valence-electron chi connectivity index (χ2n) is 11.1. The minimum atomic E-state index is 0.157. The predicted octanol–water partition coefficient (Wildman–Crippen LogP) is 6.96. The Bertz CT molecular complexity index is 1970. The van der Waals surface area contributed by atoms with Crippen LogP contribution in [0.15, 0.2) is 92.6 Å². The summed E-state index contributed by atoms with van der Waals surface area (Å²) in [5.74, 6) is 0.591. The van der Waals surface area contributed by atoms with Crippen LogP contribution in [0.3, 0.4) is 0 Å². The average molecular weight is 611 g/mol. The maximum atomic E-state index is 13.7. The summed E-state index contributed by atoms with van der Waals surface area (Å²) in [7, 11) is 0. The molecule has 0 saturated heterocycles. The van der Waals surface area contributed by atoms with Gasteiger partial charge in [0.05, 0.1) is 21.3 Å². The lowest BCUT2D eigenvalue weighted by molar-refractivity contribution is -0.665. The highest BCUT2D eigenvalue weighted by Crippen LogP contribution is 2.47. The van der Waals surface area contributed by atoms with Crippen molar-refractivity contribution in [2.75, 3.05) is 11.4 Å². The second-order valence-corrected chi connectivity index (χ2v) is 14.2. The number of hydrogen-bond acceptors (Lipinski definition) is 5. The van der Waals surface area contributed by atoms with Crippen LogP contribution in [0.4, 0.5) is 5.69 Å². The van der Waals surface area contributed by atoms with Crippen LogP contribution in [0.25, 0.3) is 21.9 Å². The van der Waals surface area contributed by atoms with Crippen molar-refractivity contribution in [3.8, 4) is 0 Å². The SMILES string of the molecule is CCN1C(=CC2=CC3=CC(=c4sc(=Cc5sc6ccccc6[n+]5CC)n(CC)c4=O)CCC3CC2)Sc2ccccc21. The standard InChI is InChI=1S/C35H36N3OS3/c1-4-36-27-11-7-9-13-29(27)40-31(36)20-23-15-16-24-17-18-25(21-26(24)19-23)34-35(39)38(6-3)33(42-34)22-32-37(5-2)28-12-8-10-14-30(28)41-32/h7-14,19-22,24H,4-6,15-18H2,1-3H3/q+1. The van der Waals surface area contributed by atoms with E-state index in [1.54, 1.807) is 22.7 Å². The zero-order chi connectivity index (χ0) is 28.8. The van der Waals surface area contributed by atoms with E-state index in [2.05, 4.69) is 103 Å². The van der Waals surface area contributed by atoms with Crippen molar-refractivity contribution in [2.45, 2.75) is 64.4 Å². The van der Waals surface area contributed by atoms with Gasteiger partial charge in [-0.15, -0.1) is 11.3 Å². The molecule has 1 unspecified atom stereocenters. The smallest absolute Gasteiger partial charge is 0.269 e. The van der Waals surface area contributed by atoms with Crippen LogP contribution in [-0.2, 0) is 13.1 Å². The molecule has 1 aliphatic heterocycles. The number of thioether (sulfide) groups is 1. The molecule has 0 fully saturated rings. The molecule has 2 aliphatic carbocycles. The molecule has 0 spiro atoms. The Balaban J connectivity index is 1.29. The second kappa shape index (κ2) is 11.5. The van der Waals surface area contributed by atoms with Gasteiger partial charge in [-0.3, -0.25) is 9.36 Å². The molecule has 4 aromatic rings. The average Bonchev–Trinajstić information content (AvgIpc) is 3.66. The molecule has 4 nitrogen and oxygen atoms in total. The molecule has 7 rings (SSSR count). The van der Waals surface area contributed by atoms with Crippen molar-refractivity contribution in [1.82, 2.24) is 4.57 Å². The van der Waals surface area contributed by atoms with Gasteiger partial charge < -0.3 is 4.90 Å². The monoisotopic (exact) mass is 610 g/mol. The van der Waals surface area contributed by atoms with E-state index in [0.717, 1.165) is 41.5 Å². The number of rotatable bonds is 5. The Kier molecular flexibility index (Phi) is 7.59. The lowest BCUT2D eigenvalue weighted by atomic mass is 9.77. The summed E-state index contributed by atoms with van der Waals surface area (Å²) in [6, 6.07) is 17.3. The summed E-state index contributed by atoms with van der Waals surface area (Å²) in [5, 5.41) is 2.51. The first-order valence-electron chi connectivity index (χ1n) is 15.1.